The predicted octanol–water partition coefficient (Wildman–Crippen LogP) is 2.72. The summed E-state index contributed by atoms with van der Waals surface area (Å²) in [6.45, 7) is 0. The van der Waals surface area contributed by atoms with E-state index in [2.05, 4.69) is 29.8 Å². The maximum Gasteiger partial charge on any atom is 0.0507 e. The third-order valence-corrected chi connectivity index (χ3v) is 3.25. The van der Waals surface area contributed by atoms with E-state index in [9.17, 15) is 0 Å². The van der Waals surface area contributed by atoms with E-state index in [1.165, 1.54) is 22.2 Å². The number of aryl methyl sites for hydroxylation is 1. The first-order valence-corrected chi connectivity index (χ1v) is 5.31. The quantitative estimate of drug-likeness (QED) is 0.648. The van der Waals surface area contributed by atoms with Crippen molar-refractivity contribution in [1.82, 2.24) is 4.57 Å². The summed E-state index contributed by atoms with van der Waals surface area (Å²) in [6, 6.07) is 6.13. The summed E-state index contributed by atoms with van der Waals surface area (Å²) in [6.07, 6.45) is 6.69. The molecule has 2 heteroatoms. The van der Waals surface area contributed by atoms with Crippen LogP contribution in [0.4, 0.5) is 5.69 Å². The molecule has 0 bridgehead atoms. The van der Waals surface area contributed by atoms with Gasteiger partial charge >= 0.3 is 0 Å². The summed E-state index contributed by atoms with van der Waals surface area (Å²) in [5, 5.41) is 1.21. The van der Waals surface area contributed by atoms with Gasteiger partial charge in [-0.15, -0.1) is 0 Å². The number of fused-ring (bicyclic) bond motifs is 3. The highest BCUT2D eigenvalue weighted by molar-refractivity contribution is 6.00. The van der Waals surface area contributed by atoms with Gasteiger partial charge in [0, 0.05) is 29.4 Å². The summed E-state index contributed by atoms with van der Waals surface area (Å²) < 4.78 is 2.27. The monoisotopic (exact) mass is 198 g/mol. The first-order valence-electron chi connectivity index (χ1n) is 5.31. The van der Waals surface area contributed by atoms with Crippen LogP contribution < -0.4 is 5.73 Å². The fourth-order valence-corrected chi connectivity index (χ4v) is 2.50. The fourth-order valence-electron chi connectivity index (χ4n) is 2.50. The highest BCUT2D eigenvalue weighted by atomic mass is 15.0. The number of rotatable bonds is 0. The van der Waals surface area contributed by atoms with Crippen LogP contribution in [0.3, 0.4) is 0 Å². The number of hydrogen-bond acceptors (Lipinski definition) is 1. The molecule has 0 atom stereocenters. The summed E-state index contributed by atoms with van der Waals surface area (Å²) >= 11 is 0. The van der Waals surface area contributed by atoms with Crippen LogP contribution in [0.1, 0.15) is 17.7 Å². The number of nitrogens with zero attached hydrogens (tertiary/aromatic N) is 1. The largest absolute Gasteiger partial charge is 0.398 e. The third kappa shape index (κ3) is 1.05. The minimum Gasteiger partial charge on any atom is -0.398 e. The molecule has 1 aliphatic carbocycles. The van der Waals surface area contributed by atoms with Gasteiger partial charge in [0.2, 0.25) is 0 Å². The molecule has 1 heterocycles. The highest BCUT2D eigenvalue weighted by Gasteiger charge is 2.16. The molecule has 1 aromatic heterocycles. The van der Waals surface area contributed by atoms with Crippen LogP contribution in [0.2, 0.25) is 0 Å². The second-order valence-electron chi connectivity index (χ2n) is 4.10. The normalized spacial score (nSPS) is 14.5. The lowest BCUT2D eigenvalue weighted by Gasteiger charge is -2.07. The van der Waals surface area contributed by atoms with Crippen LogP contribution in [-0.4, -0.2) is 4.57 Å². The Morgan fingerprint density at radius 1 is 1.33 bits per heavy atom. The number of anilines is 1. The zero-order chi connectivity index (χ0) is 10.4. The minimum atomic E-state index is 0.885. The summed E-state index contributed by atoms with van der Waals surface area (Å²) in [5.41, 5.74) is 10.9. The van der Waals surface area contributed by atoms with Gasteiger partial charge in [0.15, 0.2) is 0 Å². The van der Waals surface area contributed by atoms with E-state index < -0.39 is 0 Å². The Labute approximate surface area is 89.0 Å². The van der Waals surface area contributed by atoms with Crippen molar-refractivity contribution in [3.63, 3.8) is 0 Å². The lowest BCUT2D eigenvalue weighted by Crippen LogP contribution is -1.99. The van der Waals surface area contributed by atoms with Crippen LogP contribution >= 0.6 is 0 Å². The molecule has 2 N–H and O–H groups in total. The Balaban J connectivity index is 2.51. The van der Waals surface area contributed by atoms with Crippen LogP contribution in [0, 0.1) is 0 Å². The molecule has 0 saturated heterocycles. The van der Waals surface area contributed by atoms with Crippen LogP contribution in [0.5, 0.6) is 0 Å². The molecule has 0 unspecified atom stereocenters. The molecule has 0 radical (unpaired) electrons. The molecule has 0 saturated carbocycles. The zero-order valence-corrected chi connectivity index (χ0v) is 8.83. The van der Waals surface area contributed by atoms with Gasteiger partial charge in [-0.05, 0) is 25.0 Å². The van der Waals surface area contributed by atoms with Gasteiger partial charge in [-0.2, -0.15) is 0 Å². The van der Waals surface area contributed by atoms with Crippen LogP contribution in [0.25, 0.3) is 17.0 Å². The molecular formula is C13H14N2. The second-order valence-corrected chi connectivity index (χ2v) is 4.10. The molecule has 2 nitrogen and oxygen atoms in total. The van der Waals surface area contributed by atoms with E-state index in [1.807, 2.05) is 12.1 Å². The first kappa shape index (κ1) is 8.60. The van der Waals surface area contributed by atoms with Crippen molar-refractivity contribution < 1.29 is 0 Å². The van der Waals surface area contributed by atoms with Crippen molar-refractivity contribution in [2.24, 2.45) is 7.05 Å². The Bertz CT molecular complexity index is 561. The number of allylic oxidation sites excluding steroid dienone is 1. The molecule has 15 heavy (non-hydrogen) atoms. The van der Waals surface area contributed by atoms with Gasteiger partial charge in [-0.25, -0.2) is 0 Å². The van der Waals surface area contributed by atoms with E-state index in [0.717, 1.165) is 18.5 Å². The Kier molecular flexibility index (Phi) is 1.66. The van der Waals surface area contributed by atoms with Crippen molar-refractivity contribution in [2.75, 3.05) is 5.73 Å². The van der Waals surface area contributed by atoms with Crippen molar-refractivity contribution in [3.8, 4) is 0 Å². The predicted molar refractivity (Wildman–Crippen MR) is 64.7 cm³/mol. The van der Waals surface area contributed by atoms with Gasteiger partial charge in [-0.1, -0.05) is 18.2 Å². The summed E-state index contributed by atoms with van der Waals surface area (Å²) in [7, 11) is 2.12. The van der Waals surface area contributed by atoms with Crippen LogP contribution in [0.15, 0.2) is 24.3 Å². The fraction of sp³-hybridized carbons (Fsp3) is 0.231. The topological polar surface area (TPSA) is 30.9 Å². The van der Waals surface area contributed by atoms with Gasteiger partial charge in [-0.3, -0.25) is 0 Å². The third-order valence-electron chi connectivity index (χ3n) is 3.25. The second kappa shape index (κ2) is 2.89. The number of hydrogen-bond donors (Lipinski definition) is 1. The average molecular weight is 198 g/mol. The number of nitrogens with two attached hydrogens (primary N) is 1. The Morgan fingerprint density at radius 3 is 3.07 bits per heavy atom. The van der Waals surface area contributed by atoms with E-state index in [1.54, 1.807) is 0 Å². The number of aromatic nitrogens is 1. The summed E-state index contributed by atoms with van der Waals surface area (Å²) in [4.78, 5) is 0. The van der Waals surface area contributed by atoms with E-state index >= 15 is 0 Å². The molecule has 0 aliphatic heterocycles. The molecule has 2 aromatic rings. The van der Waals surface area contributed by atoms with Gasteiger partial charge in [0.05, 0.1) is 5.52 Å². The Hall–Kier alpha value is -1.70. The maximum absolute atomic E-state index is 6.05. The van der Waals surface area contributed by atoms with Gasteiger partial charge in [0.1, 0.15) is 0 Å². The molecule has 1 aliphatic rings. The number of benzene rings is 1. The average Bonchev–Trinajstić information content (AvgIpc) is 2.55. The standard InChI is InChI=1S/C13H14N2/c1-15-11-7-3-2-5-9(11)13-10(14)6-4-8-12(13)15/h2,4-6,8H,3,7,14H2,1H3. The zero-order valence-electron chi connectivity index (χ0n) is 8.83. The minimum absolute atomic E-state index is 0.885. The van der Waals surface area contributed by atoms with Crippen molar-refractivity contribution in [1.29, 1.82) is 0 Å². The smallest absolute Gasteiger partial charge is 0.0507 e. The molecule has 76 valence electrons. The van der Waals surface area contributed by atoms with Gasteiger partial charge < -0.3 is 10.3 Å². The van der Waals surface area contributed by atoms with E-state index in [0.29, 0.717) is 0 Å². The molecule has 0 fully saturated rings. The molecule has 3 rings (SSSR count). The van der Waals surface area contributed by atoms with Crippen molar-refractivity contribution in [2.45, 2.75) is 12.8 Å². The SMILES string of the molecule is Cn1c2c(c3c(N)cccc31)C=CCC2. The maximum atomic E-state index is 6.05. The first-order chi connectivity index (χ1) is 7.29. The Morgan fingerprint density at radius 2 is 2.20 bits per heavy atom. The van der Waals surface area contributed by atoms with E-state index in [-0.39, 0.29) is 0 Å². The van der Waals surface area contributed by atoms with Crippen LogP contribution in [-0.2, 0) is 13.5 Å². The lowest BCUT2D eigenvalue weighted by atomic mass is 10.0. The molecular weight excluding hydrogens is 184 g/mol. The summed E-state index contributed by atoms with van der Waals surface area (Å²) in [5.74, 6) is 0. The van der Waals surface area contributed by atoms with Crippen molar-refractivity contribution >= 4 is 22.7 Å². The molecule has 1 aromatic carbocycles. The van der Waals surface area contributed by atoms with Crippen molar-refractivity contribution in [3.05, 3.63) is 35.5 Å². The van der Waals surface area contributed by atoms with Gasteiger partial charge in [0.25, 0.3) is 0 Å². The molecule has 0 amide bonds. The molecule has 0 spiro atoms. The number of nitrogen functional groups attached to an aromatic ring is 1. The highest BCUT2D eigenvalue weighted by Crippen LogP contribution is 2.33. The lowest BCUT2D eigenvalue weighted by molar-refractivity contribution is 0.824. The van der Waals surface area contributed by atoms with E-state index in [4.69, 9.17) is 5.73 Å².